The second-order valence-corrected chi connectivity index (χ2v) is 12.4. The maximum Gasteiger partial charge on any atom is 0.306 e. The van der Waals surface area contributed by atoms with Crippen LogP contribution in [-0.2, 0) is 35.9 Å². The van der Waals surface area contributed by atoms with E-state index in [1.54, 1.807) is 24.3 Å². The first-order valence-electron chi connectivity index (χ1n) is 16.7. The van der Waals surface area contributed by atoms with Gasteiger partial charge in [0.15, 0.2) is 0 Å². The van der Waals surface area contributed by atoms with E-state index in [4.69, 9.17) is 19.7 Å². The third-order valence-corrected chi connectivity index (χ3v) is 8.52. The molecule has 0 fully saturated rings. The molecule has 0 heterocycles. The van der Waals surface area contributed by atoms with Gasteiger partial charge in [0.2, 0.25) is 0 Å². The number of carboxylic acids is 2. The van der Waals surface area contributed by atoms with Crippen molar-refractivity contribution in [2.75, 3.05) is 13.1 Å². The molecule has 0 radical (unpaired) electrons. The van der Waals surface area contributed by atoms with Crippen molar-refractivity contribution >= 4 is 11.9 Å². The zero-order valence-electron chi connectivity index (χ0n) is 29.1. The van der Waals surface area contributed by atoms with Gasteiger partial charge in [-0.25, -0.2) is 0 Å². The van der Waals surface area contributed by atoms with E-state index >= 15 is 0 Å². The van der Waals surface area contributed by atoms with E-state index in [2.05, 4.69) is 22.8 Å². The van der Waals surface area contributed by atoms with Crippen molar-refractivity contribution in [1.29, 1.82) is 10.5 Å². The monoisotopic (exact) mass is 706 g/mol. The highest BCUT2D eigenvalue weighted by molar-refractivity contribution is 5.72. The molecule has 270 valence electrons. The fourth-order valence-electron chi connectivity index (χ4n) is 5.69. The number of nitriles is 2. The summed E-state index contributed by atoms with van der Waals surface area (Å²) in [7, 11) is 0. The lowest BCUT2D eigenvalue weighted by atomic mass is 9.92. The Morgan fingerprint density at radius 1 is 0.673 bits per heavy atom. The molecule has 0 aliphatic rings. The van der Waals surface area contributed by atoms with Gasteiger partial charge in [0.1, 0.15) is 36.9 Å². The van der Waals surface area contributed by atoms with E-state index in [1.807, 2.05) is 62.4 Å². The van der Waals surface area contributed by atoms with Gasteiger partial charge < -0.3 is 40.5 Å². The van der Waals surface area contributed by atoms with Gasteiger partial charge in [0.05, 0.1) is 36.2 Å². The Balaban J connectivity index is 1.40. The Labute approximate surface area is 302 Å². The number of nitrogens with one attached hydrogen (secondary N) is 2. The number of benzene rings is 4. The van der Waals surface area contributed by atoms with Crippen molar-refractivity contribution in [3.8, 4) is 34.8 Å². The van der Waals surface area contributed by atoms with Gasteiger partial charge in [0, 0.05) is 26.2 Å². The molecular weight excluding hydrogens is 664 g/mol. The molecule has 0 spiro atoms. The number of carboxylic acid groups (broad SMARTS) is 2. The molecule has 0 aromatic heterocycles. The quantitative estimate of drug-likeness (QED) is 0.0784. The summed E-state index contributed by atoms with van der Waals surface area (Å²) in [4.78, 5) is 21.5. The molecule has 2 atom stereocenters. The Morgan fingerprint density at radius 3 is 1.44 bits per heavy atom. The predicted molar refractivity (Wildman–Crippen MR) is 192 cm³/mol. The molecule has 12 heteroatoms. The number of carbonyl (C=O) groups is 2. The molecule has 0 aliphatic carbocycles. The molecule has 52 heavy (non-hydrogen) atoms. The van der Waals surface area contributed by atoms with Crippen molar-refractivity contribution in [2.45, 2.75) is 65.2 Å². The van der Waals surface area contributed by atoms with Crippen LogP contribution in [0.5, 0.6) is 11.5 Å². The first-order valence-corrected chi connectivity index (χ1v) is 16.7. The summed E-state index contributed by atoms with van der Waals surface area (Å²) >= 11 is 0. The normalized spacial score (nSPS) is 12.0. The van der Waals surface area contributed by atoms with Crippen molar-refractivity contribution < 1.29 is 39.5 Å². The van der Waals surface area contributed by atoms with Crippen LogP contribution >= 0.6 is 0 Å². The Morgan fingerprint density at radius 2 is 1.08 bits per heavy atom. The average molecular weight is 707 g/mol. The fourth-order valence-corrected chi connectivity index (χ4v) is 5.69. The van der Waals surface area contributed by atoms with E-state index in [1.165, 1.54) is 0 Å². The minimum atomic E-state index is -1.07. The minimum Gasteiger partial charge on any atom is -0.488 e. The lowest BCUT2D eigenvalue weighted by molar-refractivity contribution is -0.140. The highest BCUT2D eigenvalue weighted by atomic mass is 16.5. The fraction of sp³-hybridized carbons (Fsp3) is 0.300. The first-order chi connectivity index (χ1) is 25.0. The van der Waals surface area contributed by atoms with E-state index in [0.29, 0.717) is 35.7 Å². The molecule has 6 N–H and O–H groups in total. The molecule has 12 nitrogen and oxygen atoms in total. The largest absolute Gasteiger partial charge is 0.488 e. The maximum atomic E-state index is 10.7. The Kier molecular flexibility index (Phi) is 14.3. The number of nitrogens with zero attached hydrogens (tertiary/aromatic N) is 2. The Bertz CT molecular complexity index is 1830. The summed E-state index contributed by atoms with van der Waals surface area (Å²) in [5.41, 5.74) is 8.31. The van der Waals surface area contributed by atoms with Crippen LogP contribution in [0, 0.1) is 36.5 Å². The molecule has 4 rings (SSSR count). The van der Waals surface area contributed by atoms with Crippen LogP contribution in [0.4, 0.5) is 0 Å². The molecule has 0 saturated heterocycles. The van der Waals surface area contributed by atoms with Gasteiger partial charge in [-0.05, 0) is 82.6 Å². The standard InChI is InChI=1S/C40H42N4O8/c1-25-29(23-51-37-11-9-27(13-31(37)17-41)19-43-21-33(45)15-39(47)48)5-3-7-35(25)36-8-4-6-30(26(36)2)24-52-38-12-10-28(14-32(38)18-42)20-44-22-34(46)16-40(49)50/h3-14,33-34,43-46H,15-16,19-24H2,1-2H3,(H,47,48)(H,49,50). The number of hydrogen-bond acceptors (Lipinski definition) is 10. The van der Waals surface area contributed by atoms with Crippen LogP contribution in [0.15, 0.2) is 72.8 Å². The van der Waals surface area contributed by atoms with Crippen LogP contribution in [0.1, 0.15) is 57.3 Å². The zero-order chi connectivity index (χ0) is 37.6. The highest BCUT2D eigenvalue weighted by Crippen LogP contribution is 2.32. The van der Waals surface area contributed by atoms with Crippen LogP contribution in [0.3, 0.4) is 0 Å². The number of ether oxygens (including phenoxy) is 2. The van der Waals surface area contributed by atoms with Gasteiger partial charge in [-0.1, -0.05) is 48.5 Å². The lowest BCUT2D eigenvalue weighted by Gasteiger charge is -2.17. The van der Waals surface area contributed by atoms with Crippen LogP contribution in [-0.4, -0.2) is 57.7 Å². The lowest BCUT2D eigenvalue weighted by Crippen LogP contribution is -2.28. The molecule has 0 bridgehead atoms. The summed E-state index contributed by atoms with van der Waals surface area (Å²) < 4.78 is 12.2. The van der Waals surface area contributed by atoms with E-state index < -0.39 is 24.1 Å². The van der Waals surface area contributed by atoms with Crippen molar-refractivity contribution in [2.24, 2.45) is 0 Å². The van der Waals surface area contributed by atoms with Crippen LogP contribution in [0.25, 0.3) is 11.1 Å². The molecule has 4 aromatic carbocycles. The molecule has 0 amide bonds. The second-order valence-electron chi connectivity index (χ2n) is 12.4. The molecular formula is C40H42N4O8. The smallest absolute Gasteiger partial charge is 0.306 e. The summed E-state index contributed by atoms with van der Waals surface area (Å²) in [6.07, 6.45) is -2.71. The summed E-state index contributed by atoms with van der Waals surface area (Å²) in [5, 5.41) is 62.7. The van der Waals surface area contributed by atoms with Crippen molar-refractivity contribution in [3.05, 3.63) is 117 Å². The third-order valence-electron chi connectivity index (χ3n) is 8.52. The van der Waals surface area contributed by atoms with Gasteiger partial charge in [-0.3, -0.25) is 9.59 Å². The summed E-state index contributed by atoms with van der Waals surface area (Å²) in [6, 6.07) is 26.8. The zero-order valence-corrected chi connectivity index (χ0v) is 29.1. The number of rotatable bonds is 19. The average Bonchev–Trinajstić information content (AvgIpc) is 3.10. The second kappa shape index (κ2) is 19.0. The summed E-state index contributed by atoms with van der Waals surface area (Å²) in [6.45, 7) is 5.45. The first kappa shape index (κ1) is 39.0. The number of aliphatic hydroxyl groups is 2. The van der Waals surface area contributed by atoms with E-state index in [-0.39, 0.29) is 39.1 Å². The number of aliphatic carboxylic acids is 2. The molecule has 0 aliphatic heterocycles. The van der Waals surface area contributed by atoms with Gasteiger partial charge in [-0.2, -0.15) is 10.5 Å². The molecule has 2 unspecified atom stereocenters. The van der Waals surface area contributed by atoms with Crippen LogP contribution in [0.2, 0.25) is 0 Å². The minimum absolute atomic E-state index is 0.111. The third kappa shape index (κ3) is 11.1. The van der Waals surface area contributed by atoms with Gasteiger partial charge >= 0.3 is 11.9 Å². The van der Waals surface area contributed by atoms with Gasteiger partial charge in [-0.15, -0.1) is 0 Å². The van der Waals surface area contributed by atoms with Crippen LogP contribution < -0.4 is 20.1 Å². The maximum absolute atomic E-state index is 10.7. The van der Waals surface area contributed by atoms with Crippen molar-refractivity contribution in [1.82, 2.24) is 10.6 Å². The molecule has 0 saturated carbocycles. The van der Waals surface area contributed by atoms with E-state index in [9.17, 15) is 30.3 Å². The Hall–Kier alpha value is -5.76. The highest BCUT2D eigenvalue weighted by Gasteiger charge is 2.15. The number of hydrogen-bond donors (Lipinski definition) is 6. The SMILES string of the molecule is Cc1c(COc2ccc(CNCC(O)CC(=O)O)cc2C#N)cccc1-c1cccc(COc2ccc(CNCC(O)CC(=O)O)cc2C#N)c1C. The van der Waals surface area contributed by atoms with E-state index in [0.717, 1.165) is 44.5 Å². The summed E-state index contributed by atoms with van der Waals surface area (Å²) in [5.74, 6) is -1.27. The number of aliphatic hydroxyl groups excluding tert-OH is 2. The topological polar surface area (TPSA) is 205 Å². The molecule has 4 aromatic rings. The predicted octanol–water partition coefficient (Wildman–Crippen LogP) is 4.72. The van der Waals surface area contributed by atoms with Crippen molar-refractivity contribution in [3.63, 3.8) is 0 Å². The van der Waals surface area contributed by atoms with Gasteiger partial charge in [0.25, 0.3) is 0 Å².